The molecule has 0 unspecified atom stereocenters. The van der Waals surface area contributed by atoms with Crippen LogP contribution < -0.4 is 0 Å². The zero-order chi connectivity index (χ0) is 9.68. The first-order valence-corrected chi connectivity index (χ1v) is 4.67. The molecule has 0 N–H and O–H groups in total. The molecule has 0 atom stereocenters. The molecule has 0 saturated heterocycles. The molecule has 0 amide bonds. The highest BCUT2D eigenvalue weighted by molar-refractivity contribution is 5.60. The van der Waals surface area contributed by atoms with Crippen molar-refractivity contribution in [3.63, 3.8) is 0 Å². The average Bonchev–Trinajstić information content (AvgIpc) is 2.36. The smallest absolute Gasteiger partial charge is 0.192 e. The van der Waals surface area contributed by atoms with Crippen molar-refractivity contribution in [3.8, 4) is 0 Å². The second kappa shape index (κ2) is 4.65. The molecule has 0 saturated carbocycles. The van der Waals surface area contributed by atoms with Crippen LogP contribution >= 0.6 is 0 Å². The van der Waals surface area contributed by atoms with E-state index in [1.165, 1.54) is 0 Å². The van der Waals surface area contributed by atoms with Crippen LogP contribution in [0.25, 0.3) is 12.2 Å². The van der Waals surface area contributed by atoms with E-state index in [1.807, 2.05) is 32.9 Å². The summed E-state index contributed by atoms with van der Waals surface area (Å²) in [4.78, 5) is 4.21. The summed E-state index contributed by atoms with van der Waals surface area (Å²) in [6.07, 6.45) is 9.06. The first kappa shape index (κ1) is 9.78. The van der Waals surface area contributed by atoms with Gasteiger partial charge in [-0.15, -0.1) is 0 Å². The Bertz CT molecular complexity index is 291. The van der Waals surface area contributed by atoms with Gasteiger partial charge in [-0.1, -0.05) is 26.0 Å². The summed E-state index contributed by atoms with van der Waals surface area (Å²) < 4.78 is 5.34. The second-order valence-electron chi connectivity index (χ2n) is 2.52. The van der Waals surface area contributed by atoms with Crippen LogP contribution in [0.3, 0.4) is 0 Å². The summed E-state index contributed by atoms with van der Waals surface area (Å²) in [5, 5.41) is 0. The number of hydrogen-bond acceptors (Lipinski definition) is 2. The number of nitrogens with zero attached hydrogens (tertiary/aromatic N) is 1. The minimum Gasteiger partial charge on any atom is -0.441 e. The van der Waals surface area contributed by atoms with Gasteiger partial charge in [0.1, 0.15) is 5.69 Å². The van der Waals surface area contributed by atoms with Crippen LogP contribution in [0.5, 0.6) is 0 Å². The van der Waals surface area contributed by atoms with Gasteiger partial charge in [-0.25, -0.2) is 4.98 Å². The van der Waals surface area contributed by atoms with Crippen molar-refractivity contribution in [2.24, 2.45) is 0 Å². The van der Waals surface area contributed by atoms with Gasteiger partial charge in [0.05, 0.1) is 0 Å². The Morgan fingerprint density at radius 2 is 1.92 bits per heavy atom. The zero-order valence-corrected chi connectivity index (χ0v) is 8.37. The molecular formula is C11H15NO. The quantitative estimate of drug-likeness (QED) is 0.606. The fourth-order valence-corrected chi connectivity index (χ4v) is 1.13. The van der Waals surface area contributed by atoms with Gasteiger partial charge in [-0.3, -0.25) is 0 Å². The summed E-state index contributed by atoms with van der Waals surface area (Å²) in [7, 11) is 0. The van der Waals surface area contributed by atoms with E-state index in [4.69, 9.17) is 4.42 Å². The van der Waals surface area contributed by atoms with Gasteiger partial charge in [-0.05, 0) is 18.6 Å². The minimum absolute atomic E-state index is 0.728. The van der Waals surface area contributed by atoms with Crippen molar-refractivity contribution in [1.29, 1.82) is 0 Å². The highest BCUT2D eigenvalue weighted by atomic mass is 16.4. The maximum atomic E-state index is 5.34. The number of aryl methyl sites for hydroxylation is 1. The Morgan fingerprint density at radius 3 is 2.69 bits per heavy atom. The summed E-state index contributed by atoms with van der Waals surface area (Å²) >= 11 is 0. The summed E-state index contributed by atoms with van der Waals surface area (Å²) in [6.45, 7) is 5.86. The molecule has 13 heavy (non-hydrogen) atoms. The van der Waals surface area contributed by atoms with Crippen LogP contribution in [0.4, 0.5) is 0 Å². The number of hydrogen-bond donors (Lipinski definition) is 0. The molecule has 0 bridgehead atoms. The highest BCUT2D eigenvalue weighted by Gasteiger charge is 2.05. The van der Waals surface area contributed by atoms with Crippen molar-refractivity contribution < 1.29 is 4.42 Å². The van der Waals surface area contributed by atoms with Gasteiger partial charge in [-0.2, -0.15) is 0 Å². The normalized spacial score (nSPS) is 12.8. The predicted molar refractivity (Wildman–Crippen MR) is 55.3 cm³/mol. The standard InChI is InChI=1S/C9H9NO.C2H6/c1-7-10-8-5-3-2-4-6-9(8)11-7;1-2/h3-6H,2H2,1H3;1-2H3. The Hall–Kier alpha value is -1.31. The third-order valence-corrected chi connectivity index (χ3v) is 1.61. The number of aromatic nitrogens is 1. The Balaban J connectivity index is 0.000000396. The number of rotatable bonds is 0. The molecule has 2 nitrogen and oxygen atoms in total. The lowest BCUT2D eigenvalue weighted by Crippen LogP contribution is -1.72. The maximum Gasteiger partial charge on any atom is 0.192 e. The Labute approximate surface area is 79.0 Å². The van der Waals surface area contributed by atoms with E-state index in [2.05, 4.69) is 17.1 Å². The lowest BCUT2D eigenvalue weighted by atomic mass is 10.3. The first-order chi connectivity index (χ1) is 6.36. The molecule has 2 rings (SSSR count). The van der Waals surface area contributed by atoms with E-state index in [-0.39, 0.29) is 0 Å². The third-order valence-electron chi connectivity index (χ3n) is 1.61. The van der Waals surface area contributed by atoms with Crippen LogP contribution in [-0.2, 0) is 0 Å². The van der Waals surface area contributed by atoms with Gasteiger partial charge in [0.15, 0.2) is 11.7 Å². The van der Waals surface area contributed by atoms with E-state index < -0.39 is 0 Å². The molecule has 0 aromatic carbocycles. The fourth-order valence-electron chi connectivity index (χ4n) is 1.13. The molecule has 2 heteroatoms. The van der Waals surface area contributed by atoms with Crippen molar-refractivity contribution in [1.82, 2.24) is 4.98 Å². The van der Waals surface area contributed by atoms with E-state index in [0.29, 0.717) is 0 Å². The lowest BCUT2D eigenvalue weighted by molar-refractivity contribution is 0.513. The lowest BCUT2D eigenvalue weighted by Gasteiger charge is -1.81. The topological polar surface area (TPSA) is 26.0 Å². The van der Waals surface area contributed by atoms with Crippen molar-refractivity contribution in [3.05, 3.63) is 29.5 Å². The van der Waals surface area contributed by atoms with Crippen LogP contribution in [0, 0.1) is 6.92 Å². The van der Waals surface area contributed by atoms with Crippen molar-refractivity contribution in [2.75, 3.05) is 0 Å². The van der Waals surface area contributed by atoms with Gasteiger partial charge in [0, 0.05) is 6.92 Å². The molecule has 1 aliphatic carbocycles. The number of oxazole rings is 1. The van der Waals surface area contributed by atoms with Gasteiger partial charge < -0.3 is 4.42 Å². The Morgan fingerprint density at radius 1 is 1.23 bits per heavy atom. The maximum absolute atomic E-state index is 5.34. The van der Waals surface area contributed by atoms with Crippen LogP contribution in [-0.4, -0.2) is 4.98 Å². The Kier molecular flexibility index (Phi) is 3.50. The van der Waals surface area contributed by atoms with Crippen LogP contribution in [0.15, 0.2) is 16.6 Å². The molecule has 0 fully saturated rings. The zero-order valence-electron chi connectivity index (χ0n) is 8.37. The van der Waals surface area contributed by atoms with E-state index in [0.717, 1.165) is 23.8 Å². The highest BCUT2D eigenvalue weighted by Crippen LogP contribution is 2.17. The fraction of sp³-hybridized carbons (Fsp3) is 0.364. The van der Waals surface area contributed by atoms with Crippen molar-refractivity contribution in [2.45, 2.75) is 27.2 Å². The number of fused-ring (bicyclic) bond motifs is 1. The summed E-state index contributed by atoms with van der Waals surface area (Å²) in [5.41, 5.74) is 0.941. The molecule has 1 heterocycles. The largest absolute Gasteiger partial charge is 0.441 e. The molecule has 1 aromatic rings. The monoisotopic (exact) mass is 177 g/mol. The van der Waals surface area contributed by atoms with Crippen LogP contribution in [0.1, 0.15) is 37.6 Å². The molecule has 0 radical (unpaired) electrons. The molecular weight excluding hydrogens is 162 g/mol. The predicted octanol–water partition coefficient (Wildman–Crippen LogP) is 3.44. The molecule has 0 spiro atoms. The molecule has 70 valence electrons. The molecule has 1 aliphatic rings. The van der Waals surface area contributed by atoms with Gasteiger partial charge in [0.2, 0.25) is 0 Å². The average molecular weight is 177 g/mol. The van der Waals surface area contributed by atoms with E-state index in [1.54, 1.807) is 0 Å². The molecule has 0 aliphatic heterocycles. The third kappa shape index (κ3) is 2.31. The van der Waals surface area contributed by atoms with E-state index in [9.17, 15) is 0 Å². The SMILES string of the molecule is CC.Cc1nc2c(o1)C=CCC=C2. The number of allylic oxidation sites excluding steroid dienone is 2. The first-order valence-electron chi connectivity index (χ1n) is 4.67. The second-order valence-corrected chi connectivity index (χ2v) is 2.52. The van der Waals surface area contributed by atoms with Gasteiger partial charge >= 0.3 is 0 Å². The van der Waals surface area contributed by atoms with Gasteiger partial charge in [0.25, 0.3) is 0 Å². The summed E-state index contributed by atoms with van der Waals surface area (Å²) in [5.74, 6) is 1.60. The van der Waals surface area contributed by atoms with E-state index >= 15 is 0 Å². The van der Waals surface area contributed by atoms with Crippen LogP contribution in [0.2, 0.25) is 0 Å². The van der Waals surface area contributed by atoms with Crippen molar-refractivity contribution >= 4 is 12.2 Å². The summed E-state index contributed by atoms with van der Waals surface area (Å²) in [6, 6.07) is 0. The molecule has 1 aromatic heterocycles. The minimum atomic E-state index is 0.728.